The lowest BCUT2D eigenvalue weighted by molar-refractivity contribution is 0.266. The Labute approximate surface area is 111 Å². The highest BCUT2D eigenvalue weighted by molar-refractivity contribution is 4.68. The first-order chi connectivity index (χ1) is 7.82. The van der Waals surface area contributed by atoms with Crippen molar-refractivity contribution in [2.45, 2.75) is 80.6 Å². The molecule has 0 radical (unpaired) electrons. The van der Waals surface area contributed by atoms with Crippen LogP contribution in [0.15, 0.2) is 0 Å². The Morgan fingerprint density at radius 3 is 1.65 bits per heavy atom. The maximum atomic E-state index is 2.43. The summed E-state index contributed by atoms with van der Waals surface area (Å²) in [6, 6.07) is 0. The van der Waals surface area contributed by atoms with Crippen molar-refractivity contribution < 1.29 is 0 Å². The molecule has 0 aliphatic carbocycles. The van der Waals surface area contributed by atoms with Crippen molar-refractivity contribution in [2.24, 2.45) is 29.6 Å². The van der Waals surface area contributed by atoms with E-state index in [-0.39, 0.29) is 0 Å². The molecule has 0 bridgehead atoms. The number of rotatable bonds is 9. The van der Waals surface area contributed by atoms with Gasteiger partial charge in [-0.15, -0.1) is 0 Å². The van der Waals surface area contributed by atoms with Gasteiger partial charge >= 0.3 is 0 Å². The van der Waals surface area contributed by atoms with Gasteiger partial charge in [0.05, 0.1) is 0 Å². The quantitative estimate of drug-likeness (QED) is 0.453. The maximum absolute atomic E-state index is 2.43. The van der Waals surface area contributed by atoms with Gasteiger partial charge in [0.15, 0.2) is 0 Å². The molecule has 0 aliphatic heterocycles. The van der Waals surface area contributed by atoms with Gasteiger partial charge in [-0.3, -0.25) is 0 Å². The number of hydrogen-bond donors (Lipinski definition) is 0. The van der Waals surface area contributed by atoms with Gasteiger partial charge in [0.25, 0.3) is 0 Å². The highest BCUT2D eigenvalue weighted by Crippen LogP contribution is 2.28. The summed E-state index contributed by atoms with van der Waals surface area (Å²) in [4.78, 5) is 0. The fourth-order valence-corrected chi connectivity index (χ4v) is 2.61. The van der Waals surface area contributed by atoms with Gasteiger partial charge < -0.3 is 0 Å². The van der Waals surface area contributed by atoms with E-state index in [1.807, 2.05) is 0 Å². The fourth-order valence-electron chi connectivity index (χ4n) is 2.61. The first kappa shape index (κ1) is 17.0. The van der Waals surface area contributed by atoms with E-state index in [0.29, 0.717) is 0 Å². The topological polar surface area (TPSA) is 0 Å². The van der Waals surface area contributed by atoms with Crippen molar-refractivity contribution in [1.82, 2.24) is 0 Å². The molecule has 0 aromatic heterocycles. The van der Waals surface area contributed by atoms with E-state index in [1.54, 1.807) is 0 Å². The molecular weight excluding hydrogens is 204 g/mol. The molecule has 0 rings (SSSR count). The highest BCUT2D eigenvalue weighted by atomic mass is 14.2. The molecule has 0 aromatic rings. The molecule has 0 spiro atoms. The zero-order valence-electron chi connectivity index (χ0n) is 13.4. The van der Waals surface area contributed by atoms with Crippen LogP contribution in [0.4, 0.5) is 0 Å². The van der Waals surface area contributed by atoms with Crippen LogP contribution in [-0.4, -0.2) is 0 Å². The minimum atomic E-state index is 0.842. The first-order valence-corrected chi connectivity index (χ1v) is 7.82. The average Bonchev–Trinajstić information content (AvgIpc) is 2.15. The standard InChI is InChI=1S/C17H36/c1-13(2)9-8-10-17(11-14(3)4)12-16(7)15(5)6/h13-17H,8-12H2,1-7H3. The van der Waals surface area contributed by atoms with Crippen molar-refractivity contribution in [1.29, 1.82) is 0 Å². The van der Waals surface area contributed by atoms with E-state index in [4.69, 9.17) is 0 Å². The van der Waals surface area contributed by atoms with Crippen LogP contribution in [0.25, 0.3) is 0 Å². The Morgan fingerprint density at radius 2 is 1.24 bits per heavy atom. The molecule has 0 aromatic carbocycles. The molecule has 0 nitrogen and oxygen atoms in total. The Kier molecular flexibility index (Phi) is 9.00. The summed E-state index contributed by atoms with van der Waals surface area (Å²) in [6.45, 7) is 16.6. The molecule has 0 amide bonds. The third-order valence-electron chi connectivity index (χ3n) is 4.04. The van der Waals surface area contributed by atoms with E-state index >= 15 is 0 Å². The molecule has 104 valence electrons. The summed E-state index contributed by atoms with van der Waals surface area (Å²) >= 11 is 0. The minimum absolute atomic E-state index is 0.842. The van der Waals surface area contributed by atoms with Crippen molar-refractivity contribution in [3.8, 4) is 0 Å². The molecule has 0 fully saturated rings. The molecule has 2 unspecified atom stereocenters. The van der Waals surface area contributed by atoms with Crippen LogP contribution in [0.3, 0.4) is 0 Å². The van der Waals surface area contributed by atoms with Crippen LogP contribution in [0, 0.1) is 29.6 Å². The van der Waals surface area contributed by atoms with Crippen molar-refractivity contribution >= 4 is 0 Å². The van der Waals surface area contributed by atoms with Crippen LogP contribution in [0.5, 0.6) is 0 Å². The molecule has 0 heteroatoms. The summed E-state index contributed by atoms with van der Waals surface area (Å²) in [5.74, 6) is 4.43. The summed E-state index contributed by atoms with van der Waals surface area (Å²) < 4.78 is 0. The summed E-state index contributed by atoms with van der Waals surface area (Å²) in [7, 11) is 0. The van der Waals surface area contributed by atoms with Crippen molar-refractivity contribution in [3.05, 3.63) is 0 Å². The summed E-state index contributed by atoms with van der Waals surface area (Å²) in [5.41, 5.74) is 0. The van der Waals surface area contributed by atoms with Gasteiger partial charge in [-0.2, -0.15) is 0 Å². The number of hydrogen-bond acceptors (Lipinski definition) is 0. The van der Waals surface area contributed by atoms with Crippen molar-refractivity contribution in [3.63, 3.8) is 0 Å². The van der Waals surface area contributed by atoms with Crippen LogP contribution < -0.4 is 0 Å². The Bertz CT molecular complexity index is 167. The van der Waals surface area contributed by atoms with Crippen LogP contribution in [-0.2, 0) is 0 Å². The van der Waals surface area contributed by atoms with Gasteiger partial charge in [-0.25, -0.2) is 0 Å². The molecule has 0 heterocycles. The zero-order valence-corrected chi connectivity index (χ0v) is 13.4. The average molecular weight is 240 g/mol. The smallest absolute Gasteiger partial charge is 0.0409 e. The molecule has 0 saturated carbocycles. The molecule has 2 atom stereocenters. The first-order valence-electron chi connectivity index (χ1n) is 7.82. The van der Waals surface area contributed by atoms with Gasteiger partial charge in [0.1, 0.15) is 0 Å². The second-order valence-electron chi connectivity index (χ2n) is 7.28. The molecule has 0 aliphatic rings. The second-order valence-corrected chi connectivity index (χ2v) is 7.28. The molecule has 0 N–H and O–H groups in total. The third kappa shape index (κ3) is 9.68. The molecule has 0 saturated heterocycles. The minimum Gasteiger partial charge on any atom is -0.0628 e. The fraction of sp³-hybridized carbons (Fsp3) is 1.00. The van der Waals surface area contributed by atoms with Crippen molar-refractivity contribution in [2.75, 3.05) is 0 Å². The highest BCUT2D eigenvalue weighted by Gasteiger charge is 2.16. The predicted molar refractivity (Wildman–Crippen MR) is 80.3 cm³/mol. The van der Waals surface area contributed by atoms with Gasteiger partial charge in [-0.05, 0) is 42.4 Å². The van der Waals surface area contributed by atoms with Gasteiger partial charge in [-0.1, -0.05) is 67.7 Å². The Hall–Kier alpha value is 0. The summed E-state index contributed by atoms with van der Waals surface area (Å²) in [5, 5.41) is 0. The van der Waals surface area contributed by atoms with Crippen LogP contribution in [0.2, 0.25) is 0 Å². The van der Waals surface area contributed by atoms with Crippen LogP contribution in [0.1, 0.15) is 80.6 Å². The zero-order chi connectivity index (χ0) is 13.4. The van der Waals surface area contributed by atoms with Crippen LogP contribution >= 0.6 is 0 Å². The third-order valence-corrected chi connectivity index (χ3v) is 4.04. The lowest BCUT2D eigenvalue weighted by Crippen LogP contribution is -2.13. The predicted octanol–water partition coefficient (Wildman–Crippen LogP) is 6.16. The van der Waals surface area contributed by atoms with Gasteiger partial charge in [0.2, 0.25) is 0 Å². The van der Waals surface area contributed by atoms with E-state index in [9.17, 15) is 0 Å². The largest absolute Gasteiger partial charge is 0.0628 e. The monoisotopic (exact) mass is 240 g/mol. The van der Waals surface area contributed by atoms with E-state index < -0.39 is 0 Å². The van der Waals surface area contributed by atoms with Gasteiger partial charge in [0, 0.05) is 0 Å². The van der Waals surface area contributed by atoms with E-state index in [0.717, 1.165) is 29.6 Å². The van der Waals surface area contributed by atoms with E-state index in [2.05, 4.69) is 48.5 Å². The molecule has 17 heavy (non-hydrogen) atoms. The molecular formula is C17H36. The van der Waals surface area contributed by atoms with E-state index in [1.165, 1.54) is 32.1 Å². The Balaban J connectivity index is 4.04. The second kappa shape index (κ2) is 9.00. The SMILES string of the molecule is CC(C)CCCC(CC(C)C)CC(C)C(C)C. The lowest BCUT2D eigenvalue weighted by atomic mass is 9.81. The lowest BCUT2D eigenvalue weighted by Gasteiger charge is -2.25. The maximum Gasteiger partial charge on any atom is -0.0409 e. The summed E-state index contributed by atoms with van der Waals surface area (Å²) in [6.07, 6.45) is 7.15. The Morgan fingerprint density at radius 1 is 0.647 bits per heavy atom. The normalized spacial score (nSPS) is 15.9.